The molecule has 0 unspecified atom stereocenters. The van der Waals surface area contributed by atoms with E-state index in [2.05, 4.69) is 240 Å². The van der Waals surface area contributed by atoms with E-state index in [1.54, 1.807) is 11.3 Å². The third kappa shape index (κ3) is 8.06. The maximum absolute atomic E-state index is 9.40. The fourth-order valence-electron chi connectivity index (χ4n) is 13.4. The number of aromatic nitrogens is 1. The first-order valence-electron chi connectivity index (χ1n) is 28.8. The van der Waals surface area contributed by atoms with E-state index in [0.717, 1.165) is 38.4 Å². The first-order valence-corrected chi connectivity index (χ1v) is 29.6. The van der Waals surface area contributed by atoms with Crippen LogP contribution in [0.1, 0.15) is 5.56 Å². The second kappa shape index (κ2) is 19.6. The number of furan rings is 1. The fourth-order valence-corrected chi connectivity index (χ4v) is 14.4. The summed E-state index contributed by atoms with van der Waals surface area (Å²) in [6.07, 6.45) is 3.74. The number of nitrogens with zero attached hydrogens (tertiary/aromatic N) is 3. The van der Waals surface area contributed by atoms with Crippen LogP contribution in [0.15, 0.2) is 278 Å². The summed E-state index contributed by atoms with van der Waals surface area (Å²) in [6.45, 7) is 7.54. The van der Waals surface area contributed by atoms with Crippen LogP contribution in [0, 0.1) is 17.9 Å². The topological polar surface area (TPSA) is 54.2 Å². The maximum atomic E-state index is 9.40. The zero-order valence-electron chi connectivity index (χ0n) is 46.1. The molecule has 0 N–H and O–H groups in total. The molecule has 0 radical (unpaired) electrons. The molecule has 0 fully saturated rings. The minimum atomic E-state index is 0.540. The Kier molecular flexibility index (Phi) is 11.2. The van der Waals surface area contributed by atoms with Gasteiger partial charge < -0.3 is 4.42 Å². The monoisotopic (exact) mass is 1110 g/mol. The van der Waals surface area contributed by atoms with Gasteiger partial charge in [0.1, 0.15) is 11.2 Å². The second-order valence-electron chi connectivity index (χ2n) is 22.4. The van der Waals surface area contributed by atoms with Crippen LogP contribution >= 0.6 is 11.3 Å². The van der Waals surface area contributed by atoms with E-state index in [1.807, 2.05) is 48.8 Å². The molecule has 86 heavy (non-hydrogen) atoms. The number of pyridine rings is 1. The van der Waals surface area contributed by atoms with E-state index >= 15 is 0 Å². The molecule has 0 atom stereocenters. The van der Waals surface area contributed by atoms with E-state index < -0.39 is 0 Å². The molecule has 0 aliphatic rings. The van der Waals surface area contributed by atoms with Crippen LogP contribution < -0.4 is 0 Å². The largest absolute Gasteiger partial charge is 0.466 e. The van der Waals surface area contributed by atoms with Gasteiger partial charge in [0, 0.05) is 54.5 Å². The molecule has 0 bridgehead atoms. The lowest BCUT2D eigenvalue weighted by molar-refractivity contribution is 0.672. The highest BCUT2D eigenvalue weighted by Gasteiger charge is 2.18. The minimum Gasteiger partial charge on any atom is -0.466 e. The smallest absolute Gasteiger partial charge is 0.229 e. The van der Waals surface area contributed by atoms with Crippen LogP contribution in [0.5, 0.6) is 0 Å². The van der Waals surface area contributed by atoms with Crippen molar-refractivity contribution in [3.63, 3.8) is 0 Å². The normalized spacial score (nSPS) is 11.7. The molecule has 0 saturated carbocycles. The van der Waals surface area contributed by atoms with Gasteiger partial charge in [-0.05, 0) is 205 Å². The molecule has 396 valence electrons. The summed E-state index contributed by atoms with van der Waals surface area (Å²) in [7, 11) is 0. The number of para-hydroxylation sites is 2. The number of benzene rings is 15. The Balaban J connectivity index is 0.000000134. The number of fused-ring (bicyclic) bond motifs is 6. The maximum Gasteiger partial charge on any atom is 0.229 e. The van der Waals surface area contributed by atoms with Gasteiger partial charge in [-0.25, -0.2) is 4.85 Å². The molecule has 18 rings (SSSR count). The highest BCUT2D eigenvalue weighted by atomic mass is 32.1. The lowest BCUT2D eigenvalue weighted by Crippen LogP contribution is -1.88. The number of thiophene rings is 1. The molecule has 0 aliphatic carbocycles. The van der Waals surface area contributed by atoms with Gasteiger partial charge in [-0.1, -0.05) is 176 Å². The van der Waals surface area contributed by atoms with Crippen LogP contribution in [0.4, 0.5) is 5.69 Å². The van der Waals surface area contributed by atoms with Gasteiger partial charge in [-0.15, -0.1) is 11.3 Å². The van der Waals surface area contributed by atoms with E-state index in [9.17, 15) is 5.26 Å². The van der Waals surface area contributed by atoms with Crippen molar-refractivity contribution in [2.24, 2.45) is 0 Å². The van der Waals surface area contributed by atoms with Gasteiger partial charge >= 0.3 is 0 Å². The Morgan fingerprint density at radius 2 is 0.779 bits per heavy atom. The fraction of sp³-hybridized carbons (Fsp3) is 0. The third-order valence-corrected chi connectivity index (χ3v) is 18.6. The molecule has 5 heteroatoms. The quantitative estimate of drug-likeness (QED) is 0.123. The van der Waals surface area contributed by atoms with Gasteiger partial charge in [0.15, 0.2) is 0 Å². The van der Waals surface area contributed by atoms with Crippen molar-refractivity contribution in [1.29, 1.82) is 5.26 Å². The Hall–Kier alpha value is -11.5. The Morgan fingerprint density at radius 1 is 0.349 bits per heavy atom. The van der Waals surface area contributed by atoms with Gasteiger partial charge in [-0.2, -0.15) is 5.26 Å². The van der Waals surface area contributed by atoms with Crippen molar-refractivity contribution in [3.8, 4) is 72.8 Å². The van der Waals surface area contributed by atoms with Gasteiger partial charge in [0.05, 0.1) is 18.2 Å². The molecular formula is C81H45N3OS. The summed E-state index contributed by atoms with van der Waals surface area (Å²) < 4.78 is 8.76. The van der Waals surface area contributed by atoms with E-state index in [4.69, 9.17) is 11.0 Å². The first-order chi connectivity index (χ1) is 42.5. The average molecular weight is 1110 g/mol. The molecule has 3 aromatic heterocycles. The summed E-state index contributed by atoms with van der Waals surface area (Å²) in [5.74, 6) is 0. The van der Waals surface area contributed by atoms with Crippen molar-refractivity contribution in [3.05, 3.63) is 290 Å². The van der Waals surface area contributed by atoms with Crippen molar-refractivity contribution < 1.29 is 4.42 Å². The highest BCUT2D eigenvalue weighted by Crippen LogP contribution is 2.45. The van der Waals surface area contributed by atoms with Gasteiger partial charge in [0.2, 0.25) is 5.69 Å². The number of nitriles is 1. The number of rotatable bonds is 6. The molecule has 0 aliphatic heterocycles. The molecule has 15 aromatic carbocycles. The standard InChI is InChI=1S/C41H23NS.C40H22N2O/c42-24-25-6-16-38-36(18-25)37-23-29(15-17-39(37)43-38)27-7-9-28(10-8-27)35-21-32-13-11-30-19-34(26-4-2-1-3-5-26)20-31-12-14-33(22-35)41(32)40(30)31;1-41-36-9-3-8-35-34-7-2-6-33(39(34)43-40(35)36)25-12-10-24(11-13-25)31-19-26-14-16-28-21-32(30-5-4-18-42-23-30)22-29-17-15-27(20-31)37(26)38(28)29/h1-23H;2-23H. The lowest BCUT2D eigenvalue weighted by atomic mass is 9.89. The first kappa shape index (κ1) is 49.2. The Bertz CT molecular complexity index is 5690. The molecule has 0 amide bonds. The van der Waals surface area contributed by atoms with E-state index in [-0.39, 0.29) is 0 Å². The molecule has 0 spiro atoms. The summed E-state index contributed by atoms with van der Waals surface area (Å²) >= 11 is 1.78. The van der Waals surface area contributed by atoms with Crippen molar-refractivity contribution in [2.45, 2.75) is 0 Å². The summed E-state index contributed by atoms with van der Waals surface area (Å²) in [4.78, 5) is 7.98. The van der Waals surface area contributed by atoms with E-state index in [0.29, 0.717) is 16.8 Å². The highest BCUT2D eigenvalue weighted by molar-refractivity contribution is 7.25. The molecule has 0 saturated heterocycles. The zero-order valence-corrected chi connectivity index (χ0v) is 47.0. The van der Waals surface area contributed by atoms with Crippen LogP contribution in [0.3, 0.4) is 0 Å². The molecule has 3 heterocycles. The molecule has 4 nitrogen and oxygen atoms in total. The minimum absolute atomic E-state index is 0.540. The Morgan fingerprint density at radius 3 is 1.28 bits per heavy atom. The van der Waals surface area contributed by atoms with E-state index in [1.165, 1.54) is 129 Å². The van der Waals surface area contributed by atoms with Crippen molar-refractivity contribution in [2.75, 3.05) is 0 Å². The van der Waals surface area contributed by atoms with Crippen LogP contribution in [0.25, 0.3) is 178 Å². The summed E-state index contributed by atoms with van der Waals surface area (Å²) in [5.41, 5.74) is 16.8. The number of hydrogen-bond acceptors (Lipinski definition) is 4. The number of hydrogen-bond donors (Lipinski definition) is 0. The Labute approximate surface area is 498 Å². The van der Waals surface area contributed by atoms with Gasteiger partial charge in [-0.3, -0.25) is 4.98 Å². The summed E-state index contributed by atoms with van der Waals surface area (Å²) in [6, 6.07) is 95.7. The SMILES string of the molecule is N#Cc1ccc2sc3ccc(-c4ccc(-c5cc6ccc7cc(-c8ccccc8)cc8ccc(c5)c6c78)cc4)cc3c2c1.[C-]#[N+]c1cccc2c1oc1c(-c3ccc(-c4cc5ccc6cc(-c7cccnc7)cc7ccc(c4)c5c67)cc3)cccc12. The third-order valence-electron chi connectivity index (χ3n) is 17.5. The van der Waals surface area contributed by atoms with Crippen LogP contribution in [-0.4, -0.2) is 4.98 Å². The zero-order chi connectivity index (χ0) is 57.0. The predicted molar refractivity (Wildman–Crippen MR) is 362 cm³/mol. The van der Waals surface area contributed by atoms with Crippen LogP contribution in [-0.2, 0) is 0 Å². The molecule has 18 aromatic rings. The second-order valence-corrected chi connectivity index (χ2v) is 23.5. The molecular weight excluding hydrogens is 1060 g/mol. The average Bonchev–Trinajstić information content (AvgIpc) is 1.51. The van der Waals surface area contributed by atoms with Gasteiger partial charge in [0.25, 0.3) is 0 Å². The predicted octanol–water partition coefficient (Wildman–Crippen LogP) is 23.3. The van der Waals surface area contributed by atoms with Crippen LogP contribution in [0.2, 0.25) is 0 Å². The van der Waals surface area contributed by atoms with Crippen molar-refractivity contribution in [1.82, 2.24) is 4.98 Å². The summed E-state index contributed by atoms with van der Waals surface area (Å²) in [5, 5.41) is 29.2. The van der Waals surface area contributed by atoms with Crippen molar-refractivity contribution >= 4 is 124 Å². The lowest BCUT2D eigenvalue weighted by Gasteiger charge is -2.15.